The molecule has 0 amide bonds. The van der Waals surface area contributed by atoms with Crippen molar-refractivity contribution in [3.8, 4) is 11.5 Å². The second-order valence-corrected chi connectivity index (χ2v) is 7.44. The Hall–Kier alpha value is -2.49. The molecule has 0 saturated heterocycles. The lowest BCUT2D eigenvalue weighted by Crippen LogP contribution is -2.44. The molecule has 0 bridgehead atoms. The molecule has 0 saturated carbocycles. The number of aromatic hydroxyl groups is 1. The standard InChI is InChI=1S/C21H26O4/c1-20(2,3)16-8-12-18(13-9-16)25-21(4,19(23)24-5)14-15-6-10-17(22)11-7-15/h6-13,22H,14H2,1-5H3/t21-/m0/s1. The topological polar surface area (TPSA) is 55.8 Å². The fraction of sp³-hybridized carbons (Fsp3) is 0.381. The number of phenols is 1. The van der Waals surface area contributed by atoms with E-state index in [9.17, 15) is 9.90 Å². The van der Waals surface area contributed by atoms with Gasteiger partial charge < -0.3 is 14.6 Å². The number of methoxy groups -OCH3 is 1. The molecular formula is C21H26O4. The lowest BCUT2D eigenvalue weighted by molar-refractivity contribution is -0.157. The van der Waals surface area contributed by atoms with Crippen LogP contribution in [-0.4, -0.2) is 23.8 Å². The minimum absolute atomic E-state index is 0.0518. The molecule has 0 spiro atoms. The van der Waals surface area contributed by atoms with Gasteiger partial charge in [0, 0.05) is 6.42 Å². The highest BCUT2D eigenvalue weighted by Gasteiger charge is 2.37. The van der Waals surface area contributed by atoms with Gasteiger partial charge in [-0.05, 0) is 47.7 Å². The third kappa shape index (κ3) is 4.75. The smallest absolute Gasteiger partial charge is 0.350 e. The van der Waals surface area contributed by atoms with E-state index in [2.05, 4.69) is 20.8 Å². The molecule has 0 heterocycles. The Morgan fingerprint density at radius 3 is 2.00 bits per heavy atom. The van der Waals surface area contributed by atoms with Crippen molar-refractivity contribution in [3.05, 3.63) is 59.7 Å². The van der Waals surface area contributed by atoms with E-state index < -0.39 is 11.6 Å². The van der Waals surface area contributed by atoms with Crippen molar-refractivity contribution in [2.75, 3.05) is 7.11 Å². The molecule has 2 aromatic rings. The number of hydrogen-bond donors (Lipinski definition) is 1. The van der Waals surface area contributed by atoms with E-state index in [1.807, 2.05) is 24.3 Å². The predicted octanol–water partition coefficient (Wildman–Crippen LogP) is 4.24. The number of esters is 1. The molecule has 0 aromatic heterocycles. The van der Waals surface area contributed by atoms with Gasteiger partial charge in [0.2, 0.25) is 5.60 Å². The normalized spacial score (nSPS) is 13.8. The zero-order chi connectivity index (χ0) is 18.7. The summed E-state index contributed by atoms with van der Waals surface area (Å²) in [6, 6.07) is 14.5. The van der Waals surface area contributed by atoms with E-state index in [1.54, 1.807) is 31.2 Å². The van der Waals surface area contributed by atoms with Crippen molar-refractivity contribution < 1.29 is 19.4 Å². The molecule has 0 aliphatic carbocycles. The summed E-state index contributed by atoms with van der Waals surface area (Å²) in [5, 5.41) is 9.41. The summed E-state index contributed by atoms with van der Waals surface area (Å²) in [5.74, 6) is 0.349. The van der Waals surface area contributed by atoms with Crippen molar-refractivity contribution >= 4 is 5.97 Å². The van der Waals surface area contributed by atoms with Gasteiger partial charge in [0.1, 0.15) is 11.5 Å². The van der Waals surface area contributed by atoms with E-state index in [1.165, 1.54) is 12.7 Å². The van der Waals surface area contributed by atoms with Gasteiger partial charge in [-0.3, -0.25) is 0 Å². The molecule has 2 rings (SSSR count). The van der Waals surface area contributed by atoms with Crippen LogP contribution in [0.3, 0.4) is 0 Å². The Labute approximate surface area is 149 Å². The molecule has 25 heavy (non-hydrogen) atoms. The Morgan fingerprint density at radius 2 is 1.52 bits per heavy atom. The van der Waals surface area contributed by atoms with Crippen molar-refractivity contribution in [2.24, 2.45) is 0 Å². The zero-order valence-electron chi connectivity index (χ0n) is 15.5. The molecule has 1 atom stereocenters. The molecule has 0 fully saturated rings. The molecular weight excluding hydrogens is 316 g/mol. The lowest BCUT2D eigenvalue weighted by Gasteiger charge is -2.28. The third-order valence-corrected chi connectivity index (χ3v) is 4.16. The highest BCUT2D eigenvalue weighted by molar-refractivity contribution is 5.80. The van der Waals surface area contributed by atoms with Crippen molar-refractivity contribution in [1.82, 2.24) is 0 Å². The number of phenolic OH excluding ortho intramolecular Hbond substituents is 1. The minimum Gasteiger partial charge on any atom is -0.508 e. The maximum atomic E-state index is 12.3. The van der Waals surface area contributed by atoms with Crippen molar-refractivity contribution in [3.63, 3.8) is 0 Å². The predicted molar refractivity (Wildman–Crippen MR) is 98.0 cm³/mol. The summed E-state index contributed by atoms with van der Waals surface area (Å²) in [5.41, 5.74) is 0.959. The van der Waals surface area contributed by atoms with Crippen LogP contribution in [0.1, 0.15) is 38.8 Å². The zero-order valence-corrected chi connectivity index (χ0v) is 15.5. The minimum atomic E-state index is -1.16. The average molecular weight is 342 g/mol. The van der Waals surface area contributed by atoms with Crippen LogP contribution < -0.4 is 4.74 Å². The van der Waals surface area contributed by atoms with Crippen LogP contribution in [-0.2, 0) is 21.4 Å². The molecule has 0 aliphatic rings. The first-order chi connectivity index (χ1) is 11.6. The van der Waals surface area contributed by atoms with Crippen LogP contribution >= 0.6 is 0 Å². The fourth-order valence-electron chi connectivity index (χ4n) is 2.65. The number of hydrogen-bond acceptors (Lipinski definition) is 4. The number of carbonyl (C=O) groups is 1. The van der Waals surface area contributed by atoms with Crippen molar-refractivity contribution in [2.45, 2.75) is 45.1 Å². The maximum absolute atomic E-state index is 12.3. The van der Waals surface area contributed by atoms with Gasteiger partial charge in [-0.15, -0.1) is 0 Å². The molecule has 134 valence electrons. The first-order valence-corrected chi connectivity index (χ1v) is 8.30. The number of ether oxygens (including phenoxy) is 2. The fourth-order valence-corrected chi connectivity index (χ4v) is 2.65. The van der Waals surface area contributed by atoms with Crippen LogP contribution in [0.25, 0.3) is 0 Å². The van der Waals surface area contributed by atoms with Gasteiger partial charge in [-0.25, -0.2) is 4.79 Å². The SMILES string of the molecule is COC(=O)[C@](C)(Cc1ccc(O)cc1)Oc1ccc(C(C)(C)C)cc1. The molecule has 0 aliphatic heterocycles. The lowest BCUT2D eigenvalue weighted by atomic mass is 9.87. The second kappa shape index (κ2) is 7.18. The van der Waals surface area contributed by atoms with Gasteiger partial charge in [0.05, 0.1) is 7.11 Å². The number of rotatable bonds is 5. The molecule has 2 aromatic carbocycles. The van der Waals surface area contributed by atoms with Gasteiger partial charge in [0.15, 0.2) is 0 Å². The molecule has 4 nitrogen and oxygen atoms in total. The van der Waals surface area contributed by atoms with Gasteiger partial charge >= 0.3 is 5.97 Å². The maximum Gasteiger partial charge on any atom is 0.350 e. The molecule has 0 unspecified atom stereocenters. The van der Waals surface area contributed by atoms with Gasteiger partial charge in [0.25, 0.3) is 0 Å². The van der Waals surface area contributed by atoms with E-state index in [4.69, 9.17) is 9.47 Å². The Balaban J connectivity index is 2.25. The van der Waals surface area contributed by atoms with Crippen LogP contribution in [0.2, 0.25) is 0 Å². The van der Waals surface area contributed by atoms with Crippen molar-refractivity contribution in [1.29, 1.82) is 0 Å². The molecule has 0 radical (unpaired) electrons. The summed E-state index contributed by atoms with van der Waals surface area (Å²) in [4.78, 5) is 12.3. The largest absolute Gasteiger partial charge is 0.508 e. The highest BCUT2D eigenvalue weighted by Crippen LogP contribution is 2.28. The first kappa shape index (κ1) is 18.8. The van der Waals surface area contributed by atoms with Crippen LogP contribution in [0.15, 0.2) is 48.5 Å². The van der Waals surface area contributed by atoms with Gasteiger partial charge in [-0.1, -0.05) is 45.0 Å². The Morgan fingerprint density at radius 1 is 0.960 bits per heavy atom. The van der Waals surface area contributed by atoms with E-state index >= 15 is 0 Å². The van der Waals surface area contributed by atoms with E-state index in [-0.39, 0.29) is 11.2 Å². The van der Waals surface area contributed by atoms with E-state index in [0.717, 1.165) is 5.56 Å². The second-order valence-electron chi connectivity index (χ2n) is 7.44. The monoisotopic (exact) mass is 342 g/mol. The van der Waals surface area contributed by atoms with Crippen LogP contribution in [0.5, 0.6) is 11.5 Å². The summed E-state index contributed by atoms with van der Waals surface area (Å²) in [6.45, 7) is 8.15. The van der Waals surface area contributed by atoms with Crippen LogP contribution in [0, 0.1) is 0 Å². The number of benzene rings is 2. The summed E-state index contributed by atoms with van der Waals surface area (Å²) in [6.07, 6.45) is 0.334. The Kier molecular flexibility index (Phi) is 5.41. The number of carbonyl (C=O) groups excluding carboxylic acids is 1. The van der Waals surface area contributed by atoms with Gasteiger partial charge in [-0.2, -0.15) is 0 Å². The molecule has 1 N–H and O–H groups in total. The molecule has 4 heteroatoms. The van der Waals surface area contributed by atoms with E-state index in [0.29, 0.717) is 12.2 Å². The average Bonchev–Trinajstić information content (AvgIpc) is 2.56. The Bertz CT molecular complexity index is 711. The summed E-state index contributed by atoms with van der Waals surface area (Å²) < 4.78 is 11.0. The summed E-state index contributed by atoms with van der Waals surface area (Å²) in [7, 11) is 1.35. The quantitative estimate of drug-likeness (QED) is 0.826. The highest BCUT2D eigenvalue weighted by atomic mass is 16.6. The first-order valence-electron chi connectivity index (χ1n) is 8.30. The summed E-state index contributed by atoms with van der Waals surface area (Å²) >= 11 is 0. The van der Waals surface area contributed by atoms with Crippen LogP contribution in [0.4, 0.5) is 0 Å². The third-order valence-electron chi connectivity index (χ3n) is 4.16.